The van der Waals surface area contributed by atoms with Crippen LogP contribution in [0.25, 0.3) is 0 Å². The molecule has 5 rings (SSSR count). The molecule has 5 aliphatic carbocycles. The summed E-state index contributed by atoms with van der Waals surface area (Å²) in [7, 11) is 0. The Hall–Kier alpha value is -1.45. The SMILES string of the molecule is CC1(C)CC[C@]2(C(=O)O)CC[C@]3(C)[C@H](C(=O)C=C4[C@@]5(C)CCC(=O)C(C)(C)C5CC[C@]43C)[C@@H]2C1. The van der Waals surface area contributed by atoms with Gasteiger partial charge in [0.2, 0.25) is 0 Å². The average molecular weight is 469 g/mol. The minimum absolute atomic E-state index is 0.0600. The van der Waals surface area contributed by atoms with Gasteiger partial charge in [-0.25, -0.2) is 0 Å². The van der Waals surface area contributed by atoms with Crippen molar-refractivity contribution in [3.8, 4) is 0 Å². The van der Waals surface area contributed by atoms with Gasteiger partial charge in [-0.2, -0.15) is 0 Å². The Morgan fingerprint density at radius 1 is 0.912 bits per heavy atom. The number of rotatable bonds is 1. The maximum Gasteiger partial charge on any atom is 0.309 e. The smallest absolute Gasteiger partial charge is 0.309 e. The van der Waals surface area contributed by atoms with E-state index in [1.54, 1.807) is 0 Å². The summed E-state index contributed by atoms with van der Waals surface area (Å²) in [5, 5.41) is 10.5. The van der Waals surface area contributed by atoms with E-state index in [-0.39, 0.29) is 50.6 Å². The molecule has 0 aromatic rings. The lowest BCUT2D eigenvalue weighted by Crippen LogP contribution is -2.66. The van der Waals surface area contributed by atoms with Crippen molar-refractivity contribution in [1.29, 1.82) is 0 Å². The van der Waals surface area contributed by atoms with Gasteiger partial charge < -0.3 is 5.11 Å². The van der Waals surface area contributed by atoms with Crippen LogP contribution in [0.1, 0.15) is 106 Å². The third-order valence-corrected chi connectivity index (χ3v) is 12.6. The monoisotopic (exact) mass is 468 g/mol. The van der Waals surface area contributed by atoms with Gasteiger partial charge in [0, 0.05) is 17.8 Å². The molecule has 1 N–H and O–H groups in total. The molecule has 4 heteroatoms. The standard InChI is InChI=1S/C30H44O4/c1-25(2)12-14-30(24(33)34)15-13-29(7)23(18(30)17-25)19(31)16-21-27(5)10-9-22(32)26(3,4)20(27)8-11-28(21,29)6/h16,18,20,23H,8-15,17H2,1-7H3,(H,33,34)/t18-,20?,23-,27-,28+,29+,30-/m0/s1. The maximum absolute atomic E-state index is 14.2. The highest BCUT2D eigenvalue weighted by Crippen LogP contribution is 2.74. The molecule has 0 radical (unpaired) electrons. The number of hydrogen-bond donors (Lipinski definition) is 1. The molecule has 0 heterocycles. The van der Waals surface area contributed by atoms with Gasteiger partial charge in [0.25, 0.3) is 0 Å². The van der Waals surface area contributed by atoms with Crippen molar-refractivity contribution >= 4 is 17.5 Å². The Bertz CT molecular complexity index is 1000. The minimum Gasteiger partial charge on any atom is -0.481 e. The third kappa shape index (κ3) is 2.75. The summed E-state index contributed by atoms with van der Waals surface area (Å²) >= 11 is 0. The Morgan fingerprint density at radius 3 is 2.21 bits per heavy atom. The number of hydrogen-bond acceptors (Lipinski definition) is 3. The van der Waals surface area contributed by atoms with Crippen LogP contribution in [0.15, 0.2) is 11.6 Å². The molecular weight excluding hydrogens is 424 g/mol. The zero-order valence-corrected chi connectivity index (χ0v) is 22.3. The number of carbonyl (C=O) groups is 3. The molecule has 0 aromatic carbocycles. The third-order valence-electron chi connectivity index (χ3n) is 12.6. The van der Waals surface area contributed by atoms with E-state index in [0.29, 0.717) is 25.0 Å². The van der Waals surface area contributed by atoms with Crippen LogP contribution in [-0.2, 0) is 14.4 Å². The molecule has 0 aliphatic heterocycles. The normalized spacial score (nSPS) is 49.1. The van der Waals surface area contributed by atoms with Crippen molar-refractivity contribution in [3.05, 3.63) is 11.6 Å². The topological polar surface area (TPSA) is 71.4 Å². The van der Waals surface area contributed by atoms with E-state index >= 15 is 0 Å². The number of allylic oxidation sites excluding steroid dienone is 2. The highest BCUT2D eigenvalue weighted by molar-refractivity contribution is 5.96. The molecular formula is C30H44O4. The molecule has 5 aliphatic rings. The molecule has 4 saturated carbocycles. The fraction of sp³-hybridized carbons (Fsp3) is 0.833. The first-order valence-electron chi connectivity index (χ1n) is 13.6. The fourth-order valence-corrected chi connectivity index (χ4v) is 10.2. The number of fused-ring (bicyclic) bond motifs is 7. The molecule has 0 bridgehead atoms. The van der Waals surface area contributed by atoms with Crippen LogP contribution in [0.3, 0.4) is 0 Å². The summed E-state index contributed by atoms with van der Waals surface area (Å²) < 4.78 is 0. The Labute approximate surface area is 205 Å². The van der Waals surface area contributed by atoms with Crippen LogP contribution in [0.4, 0.5) is 0 Å². The van der Waals surface area contributed by atoms with Crippen molar-refractivity contribution < 1.29 is 19.5 Å². The summed E-state index contributed by atoms with van der Waals surface area (Å²) in [5.41, 5.74) is -0.333. The first kappa shape index (κ1) is 24.3. The second-order valence-corrected chi connectivity index (χ2v) is 14.8. The fourth-order valence-electron chi connectivity index (χ4n) is 10.2. The summed E-state index contributed by atoms with van der Waals surface area (Å²) in [6.45, 7) is 15.7. The molecule has 4 nitrogen and oxygen atoms in total. The molecule has 4 fully saturated rings. The number of ketones is 2. The van der Waals surface area contributed by atoms with Gasteiger partial charge in [-0.05, 0) is 90.9 Å². The zero-order valence-electron chi connectivity index (χ0n) is 22.3. The highest BCUT2D eigenvalue weighted by Gasteiger charge is 2.70. The number of aliphatic carboxylic acids is 1. The van der Waals surface area contributed by atoms with Crippen molar-refractivity contribution in [2.24, 2.45) is 50.2 Å². The largest absolute Gasteiger partial charge is 0.481 e. The Kier molecular flexibility index (Phi) is 4.89. The van der Waals surface area contributed by atoms with Crippen LogP contribution in [-0.4, -0.2) is 22.6 Å². The molecule has 0 amide bonds. The van der Waals surface area contributed by atoms with Crippen molar-refractivity contribution in [2.75, 3.05) is 0 Å². The van der Waals surface area contributed by atoms with E-state index in [1.165, 1.54) is 5.57 Å². The van der Waals surface area contributed by atoms with Crippen LogP contribution in [0, 0.1) is 50.2 Å². The van der Waals surface area contributed by atoms with Crippen molar-refractivity contribution in [1.82, 2.24) is 0 Å². The van der Waals surface area contributed by atoms with E-state index < -0.39 is 11.4 Å². The molecule has 7 atom stereocenters. The Balaban J connectivity index is 1.66. The van der Waals surface area contributed by atoms with E-state index in [1.807, 2.05) is 6.08 Å². The van der Waals surface area contributed by atoms with Crippen molar-refractivity contribution in [3.63, 3.8) is 0 Å². The summed E-state index contributed by atoms with van der Waals surface area (Å²) in [6, 6.07) is 0. The highest BCUT2D eigenvalue weighted by atomic mass is 16.4. The molecule has 1 unspecified atom stereocenters. The van der Waals surface area contributed by atoms with Crippen LogP contribution in [0.5, 0.6) is 0 Å². The van der Waals surface area contributed by atoms with E-state index in [0.717, 1.165) is 38.5 Å². The van der Waals surface area contributed by atoms with E-state index in [4.69, 9.17) is 0 Å². The summed E-state index contributed by atoms with van der Waals surface area (Å²) in [5.74, 6) is -0.248. The van der Waals surface area contributed by atoms with Gasteiger partial charge in [-0.3, -0.25) is 14.4 Å². The molecule has 0 spiro atoms. The van der Waals surface area contributed by atoms with E-state index in [9.17, 15) is 19.5 Å². The van der Waals surface area contributed by atoms with Gasteiger partial charge in [0.1, 0.15) is 5.78 Å². The zero-order chi connectivity index (χ0) is 25.1. The lowest BCUT2D eigenvalue weighted by atomic mass is 9.34. The van der Waals surface area contributed by atoms with Gasteiger partial charge in [0.05, 0.1) is 5.41 Å². The quantitative estimate of drug-likeness (QED) is 0.469. The number of carboxylic acid groups (broad SMARTS) is 1. The molecule has 34 heavy (non-hydrogen) atoms. The number of carboxylic acids is 1. The Morgan fingerprint density at radius 2 is 1.56 bits per heavy atom. The second-order valence-electron chi connectivity index (χ2n) is 14.8. The first-order valence-corrected chi connectivity index (χ1v) is 13.6. The summed E-state index contributed by atoms with van der Waals surface area (Å²) in [4.78, 5) is 39.8. The first-order chi connectivity index (χ1) is 15.6. The maximum atomic E-state index is 14.2. The van der Waals surface area contributed by atoms with Gasteiger partial charge in [0.15, 0.2) is 5.78 Å². The molecule has 0 aromatic heterocycles. The lowest BCUT2D eigenvalue weighted by molar-refractivity contribution is -0.190. The average Bonchev–Trinajstić information content (AvgIpc) is 2.72. The van der Waals surface area contributed by atoms with Crippen molar-refractivity contribution in [2.45, 2.75) is 106 Å². The van der Waals surface area contributed by atoms with Gasteiger partial charge in [-0.15, -0.1) is 0 Å². The van der Waals surface area contributed by atoms with Crippen LogP contribution in [0.2, 0.25) is 0 Å². The second kappa shape index (κ2) is 6.85. The van der Waals surface area contributed by atoms with E-state index in [2.05, 4.69) is 48.5 Å². The predicted molar refractivity (Wildman–Crippen MR) is 132 cm³/mol. The lowest BCUT2D eigenvalue weighted by Gasteiger charge is -2.69. The number of carbonyl (C=O) groups excluding carboxylic acids is 2. The number of Topliss-reactive ketones (excluding diaryl/α,β-unsaturated/α-hetero) is 1. The summed E-state index contributed by atoms with van der Waals surface area (Å²) in [6.07, 6.45) is 9.24. The van der Waals surface area contributed by atoms with Crippen LogP contribution >= 0.6 is 0 Å². The molecule has 188 valence electrons. The molecule has 0 saturated heterocycles. The minimum atomic E-state index is -0.766. The van der Waals surface area contributed by atoms with Gasteiger partial charge in [-0.1, -0.05) is 54.0 Å². The van der Waals surface area contributed by atoms with Crippen LogP contribution < -0.4 is 0 Å². The van der Waals surface area contributed by atoms with Gasteiger partial charge >= 0.3 is 5.97 Å². The predicted octanol–water partition coefficient (Wildman–Crippen LogP) is 6.62.